The molecule has 4 rings (SSSR count). The van der Waals surface area contributed by atoms with Gasteiger partial charge in [0.2, 0.25) is 0 Å². The molecule has 2 heterocycles. The van der Waals surface area contributed by atoms with Crippen molar-refractivity contribution in [2.75, 3.05) is 18.1 Å². The van der Waals surface area contributed by atoms with E-state index < -0.39 is 34.4 Å². The van der Waals surface area contributed by atoms with Gasteiger partial charge in [-0.2, -0.15) is 0 Å². The van der Waals surface area contributed by atoms with Gasteiger partial charge in [-0.3, -0.25) is 24.6 Å². The fraction of sp³-hybridized carbons (Fsp3) is 0.286. The average Bonchev–Trinajstić information content (AvgIpc) is 3.45. The van der Waals surface area contributed by atoms with Crippen molar-refractivity contribution in [2.45, 2.75) is 39.7 Å². The Labute approximate surface area is 233 Å². The molecule has 1 atom stereocenters. The number of rotatable bonds is 10. The van der Waals surface area contributed by atoms with Gasteiger partial charge in [0.15, 0.2) is 5.13 Å². The van der Waals surface area contributed by atoms with Crippen LogP contribution in [-0.4, -0.2) is 45.9 Å². The van der Waals surface area contributed by atoms with Crippen LogP contribution in [-0.2, 0) is 14.3 Å². The molecule has 12 heteroatoms. The zero-order valence-corrected chi connectivity index (χ0v) is 22.9. The van der Waals surface area contributed by atoms with Crippen LogP contribution < -0.4 is 9.64 Å². The first kappa shape index (κ1) is 28.4. The highest BCUT2D eigenvalue weighted by molar-refractivity contribution is 7.17. The van der Waals surface area contributed by atoms with Gasteiger partial charge in [0.1, 0.15) is 16.4 Å². The number of carbonyl (C=O) groups is 3. The summed E-state index contributed by atoms with van der Waals surface area (Å²) in [6, 6.07) is 10.6. The molecule has 11 nitrogen and oxygen atoms in total. The number of hydrogen-bond donors (Lipinski definition) is 1. The summed E-state index contributed by atoms with van der Waals surface area (Å²) in [5.74, 6) is -2.65. The molecule has 40 heavy (non-hydrogen) atoms. The smallest absolute Gasteiger partial charge is 0.350 e. The number of ketones is 1. The summed E-state index contributed by atoms with van der Waals surface area (Å²) in [7, 11) is 0. The third-order valence-electron chi connectivity index (χ3n) is 6.17. The number of thiazole rings is 1. The zero-order chi connectivity index (χ0) is 29.0. The van der Waals surface area contributed by atoms with Crippen LogP contribution in [0.2, 0.25) is 0 Å². The van der Waals surface area contributed by atoms with E-state index >= 15 is 0 Å². The number of nitro benzene ring substituents is 1. The average molecular weight is 566 g/mol. The summed E-state index contributed by atoms with van der Waals surface area (Å²) in [4.78, 5) is 55.8. The van der Waals surface area contributed by atoms with E-state index in [9.17, 15) is 29.6 Å². The minimum Gasteiger partial charge on any atom is -0.507 e. The number of amides is 1. The number of unbranched alkanes of at least 4 members (excludes halogenated alkanes) is 1. The zero-order valence-electron chi connectivity index (χ0n) is 22.1. The van der Waals surface area contributed by atoms with E-state index in [1.165, 1.54) is 24.3 Å². The fourth-order valence-electron chi connectivity index (χ4n) is 4.25. The highest BCUT2D eigenvalue weighted by atomic mass is 32.1. The van der Waals surface area contributed by atoms with Crippen LogP contribution in [0.25, 0.3) is 5.76 Å². The topological polar surface area (TPSA) is 149 Å². The van der Waals surface area contributed by atoms with Gasteiger partial charge in [-0.15, -0.1) is 0 Å². The Morgan fingerprint density at radius 3 is 2.62 bits per heavy atom. The van der Waals surface area contributed by atoms with Crippen LogP contribution in [0.1, 0.15) is 59.2 Å². The first-order chi connectivity index (χ1) is 19.2. The van der Waals surface area contributed by atoms with E-state index in [-0.39, 0.29) is 44.7 Å². The van der Waals surface area contributed by atoms with Gasteiger partial charge >= 0.3 is 11.9 Å². The van der Waals surface area contributed by atoms with Crippen molar-refractivity contribution >= 4 is 45.6 Å². The summed E-state index contributed by atoms with van der Waals surface area (Å²) in [6.07, 6.45) is 1.76. The number of aliphatic hydroxyl groups is 1. The lowest BCUT2D eigenvalue weighted by Gasteiger charge is -2.23. The molecule has 1 unspecified atom stereocenters. The standard InChI is InChI=1S/C28H27N3O8S/c1-4-6-13-39-20-12-8-10-18(15-20)23(32)21-22(17-9-7-11-19(14-17)31(36)37)30(26(34)24(21)33)28-29-16(3)25(40-28)27(35)38-5-2/h7-12,14-15,22,32H,4-6,13H2,1-3H3. The van der Waals surface area contributed by atoms with Crippen LogP contribution in [0, 0.1) is 17.0 Å². The van der Waals surface area contributed by atoms with Crippen molar-refractivity contribution in [1.82, 2.24) is 4.98 Å². The number of aliphatic hydroxyl groups excluding tert-OH is 1. The van der Waals surface area contributed by atoms with Crippen molar-refractivity contribution in [3.63, 3.8) is 0 Å². The van der Waals surface area contributed by atoms with Gasteiger partial charge in [-0.25, -0.2) is 9.78 Å². The molecule has 3 aromatic rings. The van der Waals surface area contributed by atoms with Crippen LogP contribution >= 0.6 is 11.3 Å². The molecule has 0 radical (unpaired) electrons. The van der Waals surface area contributed by atoms with E-state index in [0.717, 1.165) is 29.1 Å². The first-order valence-corrected chi connectivity index (χ1v) is 13.4. The number of aromatic nitrogens is 1. The summed E-state index contributed by atoms with van der Waals surface area (Å²) in [5.41, 5.74) is 0.176. The normalized spacial score (nSPS) is 16.3. The molecule has 208 valence electrons. The largest absolute Gasteiger partial charge is 0.507 e. The monoisotopic (exact) mass is 565 g/mol. The number of hydrogen-bond acceptors (Lipinski definition) is 10. The van der Waals surface area contributed by atoms with Crippen molar-refractivity contribution < 1.29 is 33.9 Å². The van der Waals surface area contributed by atoms with Gasteiger partial charge in [-0.05, 0) is 38.0 Å². The van der Waals surface area contributed by atoms with Gasteiger partial charge in [-0.1, -0.05) is 48.9 Å². The Hall–Kier alpha value is -4.58. The molecule has 1 fully saturated rings. The Kier molecular flexibility index (Phi) is 8.58. The molecular weight excluding hydrogens is 538 g/mol. The molecule has 0 spiro atoms. The minimum atomic E-state index is -1.26. The second kappa shape index (κ2) is 12.1. The molecule has 1 aromatic heterocycles. The molecule has 1 saturated heterocycles. The third kappa shape index (κ3) is 5.57. The molecule has 0 aliphatic carbocycles. The van der Waals surface area contributed by atoms with E-state index in [1.54, 1.807) is 38.1 Å². The predicted octanol–water partition coefficient (Wildman–Crippen LogP) is 5.34. The van der Waals surface area contributed by atoms with Crippen LogP contribution in [0.15, 0.2) is 54.1 Å². The molecule has 1 amide bonds. The Morgan fingerprint density at radius 2 is 1.93 bits per heavy atom. The van der Waals surface area contributed by atoms with Gasteiger partial charge in [0.05, 0.1) is 35.4 Å². The number of non-ortho nitro benzene ring substituents is 1. The van der Waals surface area contributed by atoms with Crippen LogP contribution in [0.4, 0.5) is 10.8 Å². The highest BCUT2D eigenvalue weighted by Crippen LogP contribution is 2.44. The second-order valence-electron chi connectivity index (χ2n) is 8.88. The molecule has 0 saturated carbocycles. The summed E-state index contributed by atoms with van der Waals surface area (Å²) in [5, 5.41) is 22.9. The lowest BCUT2D eigenvalue weighted by atomic mass is 9.95. The maximum Gasteiger partial charge on any atom is 0.350 e. The lowest BCUT2D eigenvalue weighted by Crippen LogP contribution is -2.29. The van der Waals surface area contributed by atoms with E-state index in [2.05, 4.69) is 4.98 Å². The van der Waals surface area contributed by atoms with Crippen molar-refractivity contribution in [1.29, 1.82) is 0 Å². The SMILES string of the molecule is CCCCOc1cccc(C(O)=C2C(=O)C(=O)N(c3nc(C)c(C(=O)OCC)s3)C2c2cccc([N+](=O)[O-])c2)c1. The Morgan fingerprint density at radius 1 is 1.18 bits per heavy atom. The predicted molar refractivity (Wildman–Crippen MR) is 148 cm³/mol. The first-order valence-electron chi connectivity index (χ1n) is 12.6. The number of esters is 1. The maximum absolute atomic E-state index is 13.4. The third-order valence-corrected chi connectivity index (χ3v) is 7.30. The summed E-state index contributed by atoms with van der Waals surface area (Å²) < 4.78 is 10.8. The summed E-state index contributed by atoms with van der Waals surface area (Å²) >= 11 is 0.852. The number of aryl methyl sites for hydroxylation is 1. The molecule has 1 N–H and O–H groups in total. The minimum absolute atomic E-state index is 0.00913. The van der Waals surface area contributed by atoms with Crippen LogP contribution in [0.3, 0.4) is 0 Å². The van der Waals surface area contributed by atoms with Gasteiger partial charge < -0.3 is 14.6 Å². The molecule has 0 bridgehead atoms. The Balaban J connectivity index is 1.88. The molecule has 1 aliphatic heterocycles. The Bertz CT molecular complexity index is 1510. The number of benzene rings is 2. The highest BCUT2D eigenvalue weighted by Gasteiger charge is 2.48. The molecule has 1 aliphatic rings. The lowest BCUT2D eigenvalue weighted by molar-refractivity contribution is -0.384. The number of anilines is 1. The number of nitrogens with zero attached hydrogens (tertiary/aromatic N) is 3. The molecular formula is C28H27N3O8S. The second-order valence-corrected chi connectivity index (χ2v) is 9.86. The van der Waals surface area contributed by atoms with Crippen molar-refractivity contribution in [2.24, 2.45) is 0 Å². The maximum atomic E-state index is 13.4. The fourth-order valence-corrected chi connectivity index (χ4v) is 5.24. The van der Waals surface area contributed by atoms with Crippen molar-refractivity contribution in [3.8, 4) is 5.75 Å². The number of carbonyl (C=O) groups excluding carboxylic acids is 3. The quantitative estimate of drug-likeness (QED) is 0.0653. The van der Waals surface area contributed by atoms with Gasteiger partial charge in [0, 0.05) is 17.7 Å². The van der Waals surface area contributed by atoms with E-state index in [1.807, 2.05) is 6.92 Å². The number of Topliss-reactive ketones (excluding diaryl/α,β-unsaturated/α-hetero) is 1. The van der Waals surface area contributed by atoms with Gasteiger partial charge in [0.25, 0.3) is 11.5 Å². The number of nitro groups is 1. The van der Waals surface area contributed by atoms with E-state index in [0.29, 0.717) is 12.4 Å². The molecule has 2 aromatic carbocycles. The van der Waals surface area contributed by atoms with E-state index in [4.69, 9.17) is 9.47 Å². The van der Waals surface area contributed by atoms with Crippen LogP contribution in [0.5, 0.6) is 5.75 Å². The summed E-state index contributed by atoms with van der Waals surface area (Å²) in [6.45, 7) is 5.84. The number of ether oxygens (including phenoxy) is 2. The van der Waals surface area contributed by atoms with Crippen molar-refractivity contribution in [3.05, 3.63) is 85.9 Å².